The number of halogens is 2. The van der Waals surface area contributed by atoms with Gasteiger partial charge >= 0.3 is 0 Å². The van der Waals surface area contributed by atoms with Gasteiger partial charge in [-0.3, -0.25) is 4.79 Å². The molecule has 0 atom stereocenters. The Hall–Kier alpha value is -1.25. The summed E-state index contributed by atoms with van der Waals surface area (Å²) in [6.45, 7) is 2.49. The lowest BCUT2D eigenvalue weighted by Crippen LogP contribution is -2.26. The Bertz CT molecular complexity index is 471. The second kappa shape index (κ2) is 6.48. The molecule has 90 valence electrons. The molecule has 0 radical (unpaired) electrons. The molecule has 1 rings (SSSR count). The van der Waals surface area contributed by atoms with Gasteiger partial charge in [0, 0.05) is 29.5 Å². The van der Waals surface area contributed by atoms with Gasteiger partial charge in [-0.1, -0.05) is 11.6 Å². The molecule has 0 saturated heterocycles. The summed E-state index contributed by atoms with van der Waals surface area (Å²) in [5.74, 6) is -0.0810. The summed E-state index contributed by atoms with van der Waals surface area (Å²) in [5, 5.41) is 15.2. The molecular weight excluding hydrogens is 305 g/mol. The van der Waals surface area contributed by atoms with Crippen molar-refractivity contribution in [2.24, 2.45) is 0 Å². The minimum absolute atomic E-state index is 0.0810. The van der Waals surface area contributed by atoms with Crippen molar-refractivity contribution in [1.29, 1.82) is 5.26 Å². The summed E-state index contributed by atoms with van der Waals surface area (Å²) in [7, 11) is 0. The summed E-state index contributed by atoms with van der Waals surface area (Å²) in [6, 6.07) is 5.36. The molecule has 17 heavy (non-hydrogen) atoms. The number of nitriles is 1. The van der Waals surface area contributed by atoms with Crippen LogP contribution in [0, 0.1) is 11.3 Å². The zero-order valence-electron chi connectivity index (χ0n) is 9.18. The highest BCUT2D eigenvalue weighted by molar-refractivity contribution is 9.10. The number of rotatable bonds is 4. The number of hydrogen-bond donors (Lipinski definition) is 2. The molecule has 1 aromatic rings. The largest absolute Gasteiger partial charge is 0.381 e. The molecule has 0 bridgehead atoms. The van der Waals surface area contributed by atoms with Crippen LogP contribution in [0.1, 0.15) is 12.5 Å². The van der Waals surface area contributed by atoms with Crippen molar-refractivity contribution in [3.8, 4) is 6.07 Å². The van der Waals surface area contributed by atoms with Crippen LogP contribution < -0.4 is 10.6 Å². The number of amides is 1. The molecule has 0 unspecified atom stereocenters. The quantitative estimate of drug-likeness (QED) is 0.839. The molecule has 6 heteroatoms. The van der Waals surface area contributed by atoms with Gasteiger partial charge in [0.25, 0.3) is 0 Å². The van der Waals surface area contributed by atoms with Gasteiger partial charge in [-0.15, -0.1) is 0 Å². The topological polar surface area (TPSA) is 64.9 Å². The Balaban J connectivity index is 2.71. The number of carbonyl (C=O) groups is 1. The van der Waals surface area contributed by atoms with Crippen molar-refractivity contribution in [3.63, 3.8) is 0 Å². The van der Waals surface area contributed by atoms with Crippen LogP contribution in [0.15, 0.2) is 16.6 Å². The average molecular weight is 317 g/mol. The smallest absolute Gasteiger partial charge is 0.216 e. The summed E-state index contributed by atoms with van der Waals surface area (Å²) in [5.41, 5.74) is 1.15. The Kier molecular flexibility index (Phi) is 5.26. The van der Waals surface area contributed by atoms with E-state index in [1.165, 1.54) is 6.92 Å². The highest BCUT2D eigenvalue weighted by Crippen LogP contribution is 2.29. The third-order valence-electron chi connectivity index (χ3n) is 1.98. The first kappa shape index (κ1) is 13.8. The van der Waals surface area contributed by atoms with E-state index < -0.39 is 0 Å². The molecule has 2 N–H and O–H groups in total. The maximum Gasteiger partial charge on any atom is 0.216 e. The van der Waals surface area contributed by atoms with E-state index >= 15 is 0 Å². The van der Waals surface area contributed by atoms with Crippen LogP contribution in [0.3, 0.4) is 0 Å². The van der Waals surface area contributed by atoms with Crippen LogP contribution in [0.5, 0.6) is 0 Å². The van der Waals surface area contributed by atoms with Crippen LogP contribution in [0.2, 0.25) is 5.02 Å². The maximum atomic E-state index is 10.7. The minimum atomic E-state index is -0.0810. The van der Waals surface area contributed by atoms with Gasteiger partial charge < -0.3 is 10.6 Å². The van der Waals surface area contributed by atoms with Crippen LogP contribution >= 0.6 is 27.5 Å². The molecule has 0 aliphatic carbocycles. The van der Waals surface area contributed by atoms with Crippen molar-refractivity contribution in [3.05, 3.63) is 27.2 Å². The van der Waals surface area contributed by atoms with Crippen molar-refractivity contribution >= 4 is 39.1 Å². The highest BCUT2D eigenvalue weighted by Gasteiger charge is 2.07. The van der Waals surface area contributed by atoms with Crippen molar-refractivity contribution in [2.45, 2.75) is 6.92 Å². The summed E-state index contributed by atoms with van der Waals surface area (Å²) >= 11 is 9.17. The Morgan fingerprint density at radius 3 is 2.82 bits per heavy atom. The molecule has 4 nitrogen and oxygen atoms in total. The van der Waals surface area contributed by atoms with E-state index in [0.717, 1.165) is 4.47 Å². The van der Waals surface area contributed by atoms with Crippen LogP contribution in [0.25, 0.3) is 0 Å². The van der Waals surface area contributed by atoms with Gasteiger partial charge in [-0.2, -0.15) is 5.26 Å². The molecule has 0 aliphatic rings. The average Bonchev–Trinajstić information content (AvgIpc) is 2.25. The number of carbonyl (C=O) groups excluding carboxylic acids is 1. The summed E-state index contributed by atoms with van der Waals surface area (Å²) in [6.07, 6.45) is 0. The molecule has 0 spiro atoms. The first-order valence-electron chi connectivity index (χ1n) is 4.92. The van der Waals surface area contributed by atoms with E-state index in [4.69, 9.17) is 16.9 Å². The minimum Gasteiger partial charge on any atom is -0.381 e. The first-order valence-corrected chi connectivity index (χ1v) is 6.09. The van der Waals surface area contributed by atoms with Gasteiger partial charge in [0.15, 0.2) is 0 Å². The van der Waals surface area contributed by atoms with E-state index in [9.17, 15) is 4.79 Å². The lowest BCUT2D eigenvalue weighted by Gasteiger charge is -2.11. The van der Waals surface area contributed by atoms with Gasteiger partial charge in [0.2, 0.25) is 5.91 Å². The summed E-state index contributed by atoms with van der Waals surface area (Å²) < 4.78 is 0.726. The van der Waals surface area contributed by atoms with Gasteiger partial charge in [0.05, 0.1) is 11.3 Å². The highest BCUT2D eigenvalue weighted by atomic mass is 79.9. The number of nitrogens with one attached hydrogen (secondary N) is 2. The molecule has 1 aromatic carbocycles. The van der Waals surface area contributed by atoms with E-state index in [-0.39, 0.29) is 5.91 Å². The molecule has 1 amide bonds. The van der Waals surface area contributed by atoms with E-state index in [1.807, 2.05) is 0 Å². The standard InChI is InChI=1S/C11H11BrClN3O/c1-7(17)15-2-3-16-11-8(6-14)4-9(13)5-10(11)12/h4-5,16H,2-3H2,1H3,(H,15,17). The lowest BCUT2D eigenvalue weighted by atomic mass is 10.2. The first-order chi connectivity index (χ1) is 8.04. The van der Waals surface area contributed by atoms with Crippen molar-refractivity contribution in [2.75, 3.05) is 18.4 Å². The number of nitrogens with zero attached hydrogens (tertiary/aromatic N) is 1. The molecular formula is C11H11BrClN3O. The molecule has 0 aliphatic heterocycles. The molecule has 0 fully saturated rings. The second-order valence-corrected chi connectivity index (χ2v) is 4.62. The Morgan fingerprint density at radius 1 is 1.53 bits per heavy atom. The van der Waals surface area contributed by atoms with Gasteiger partial charge in [-0.05, 0) is 28.1 Å². The predicted octanol–water partition coefficient (Wildman–Crippen LogP) is 2.52. The third kappa shape index (κ3) is 4.25. The lowest BCUT2D eigenvalue weighted by molar-refractivity contribution is -0.118. The number of anilines is 1. The predicted molar refractivity (Wildman–Crippen MR) is 71.0 cm³/mol. The zero-order chi connectivity index (χ0) is 12.8. The number of benzene rings is 1. The summed E-state index contributed by atoms with van der Waals surface area (Å²) in [4.78, 5) is 10.7. The third-order valence-corrected chi connectivity index (χ3v) is 2.82. The van der Waals surface area contributed by atoms with Gasteiger partial charge in [0.1, 0.15) is 6.07 Å². The monoisotopic (exact) mass is 315 g/mol. The van der Waals surface area contributed by atoms with E-state index in [1.54, 1.807) is 12.1 Å². The molecule has 0 saturated carbocycles. The van der Waals surface area contributed by atoms with E-state index in [0.29, 0.717) is 29.4 Å². The fourth-order valence-corrected chi connectivity index (χ4v) is 2.22. The van der Waals surface area contributed by atoms with Crippen LogP contribution in [0.4, 0.5) is 5.69 Å². The SMILES string of the molecule is CC(=O)NCCNc1c(Br)cc(Cl)cc1C#N. The van der Waals surface area contributed by atoms with Crippen molar-refractivity contribution < 1.29 is 4.79 Å². The fraction of sp³-hybridized carbons (Fsp3) is 0.273. The normalized spacial score (nSPS) is 9.53. The van der Waals surface area contributed by atoms with Crippen LogP contribution in [-0.2, 0) is 4.79 Å². The van der Waals surface area contributed by atoms with Gasteiger partial charge in [-0.25, -0.2) is 0 Å². The van der Waals surface area contributed by atoms with Crippen LogP contribution in [-0.4, -0.2) is 19.0 Å². The zero-order valence-corrected chi connectivity index (χ0v) is 11.5. The second-order valence-electron chi connectivity index (χ2n) is 3.33. The Morgan fingerprint density at radius 2 is 2.24 bits per heavy atom. The number of hydrogen-bond acceptors (Lipinski definition) is 3. The van der Waals surface area contributed by atoms with E-state index in [2.05, 4.69) is 32.6 Å². The molecule has 0 aromatic heterocycles. The molecule has 0 heterocycles. The van der Waals surface area contributed by atoms with Crippen molar-refractivity contribution in [1.82, 2.24) is 5.32 Å². The Labute approximate surface area is 113 Å². The fourth-order valence-electron chi connectivity index (χ4n) is 1.27. The maximum absolute atomic E-state index is 10.7.